The van der Waals surface area contributed by atoms with Crippen molar-refractivity contribution in [3.05, 3.63) is 89.9 Å². The fourth-order valence-corrected chi connectivity index (χ4v) is 4.86. The van der Waals surface area contributed by atoms with E-state index in [0.29, 0.717) is 41.6 Å². The molecular weight excluding hydrogens is 539 g/mol. The molecule has 0 saturated carbocycles. The van der Waals surface area contributed by atoms with Crippen LogP contribution in [0, 0.1) is 0 Å². The number of oxazole rings is 1. The van der Waals surface area contributed by atoms with E-state index in [4.69, 9.17) is 9.15 Å². The minimum Gasteiger partial charge on any atom is -0.616 e. The predicted molar refractivity (Wildman–Crippen MR) is 131 cm³/mol. The van der Waals surface area contributed by atoms with Crippen LogP contribution in [0.1, 0.15) is 22.7 Å². The Morgan fingerprint density at radius 1 is 1.00 bits per heavy atom. The highest BCUT2D eigenvalue weighted by atomic mass is 32.5. The van der Waals surface area contributed by atoms with Crippen LogP contribution in [0.4, 0.5) is 19.4 Å². The number of aromatic nitrogens is 4. The molecule has 1 atom stereocenters. The van der Waals surface area contributed by atoms with Gasteiger partial charge in [0.05, 0.1) is 12.7 Å². The highest BCUT2D eigenvalue weighted by Gasteiger charge is 2.65. The first-order valence-electron chi connectivity index (χ1n) is 10.7. The number of rotatable bonds is 11. The van der Waals surface area contributed by atoms with Crippen molar-refractivity contribution in [3.63, 3.8) is 0 Å². The van der Waals surface area contributed by atoms with Gasteiger partial charge in [0.15, 0.2) is 0 Å². The standard InChI is InChI=1S/C23H21F5N4O3S2/c24-37(25,26,27,28)22-8-3-18(4-9-22)5-10-23-30-20(16-35-23)15-34-21-6-1-19(2-7-21)17-36(33)14-13-32-12-11-29-31-32/h1-12,16H,13-15,17H2/b10-5+. The molecule has 0 bridgehead atoms. The quantitative estimate of drug-likeness (QED) is 0.151. The number of ether oxygens (including phenoxy) is 1. The highest BCUT2D eigenvalue weighted by Crippen LogP contribution is 3.02. The third kappa shape index (κ3) is 8.06. The highest BCUT2D eigenvalue weighted by molar-refractivity contribution is 8.45. The van der Waals surface area contributed by atoms with E-state index < -0.39 is 26.3 Å². The second kappa shape index (κ2) is 9.84. The Morgan fingerprint density at radius 3 is 2.38 bits per heavy atom. The lowest BCUT2D eigenvalue weighted by Gasteiger charge is -2.40. The zero-order chi connectivity index (χ0) is 26.6. The summed E-state index contributed by atoms with van der Waals surface area (Å²) in [5.41, 5.74) is 1.63. The van der Waals surface area contributed by atoms with Gasteiger partial charge in [0.1, 0.15) is 40.7 Å². The van der Waals surface area contributed by atoms with E-state index in [0.717, 1.165) is 17.7 Å². The van der Waals surface area contributed by atoms with Gasteiger partial charge in [-0.1, -0.05) is 48.9 Å². The van der Waals surface area contributed by atoms with Gasteiger partial charge >= 0.3 is 10.2 Å². The maximum Gasteiger partial charge on any atom is 0.310 e. The van der Waals surface area contributed by atoms with Crippen molar-refractivity contribution in [2.75, 3.05) is 5.75 Å². The summed E-state index contributed by atoms with van der Waals surface area (Å²) in [5, 5.41) is 7.54. The number of nitrogens with zero attached hydrogens (tertiary/aromatic N) is 4. The molecule has 198 valence electrons. The molecule has 14 heteroatoms. The summed E-state index contributed by atoms with van der Waals surface area (Å²) < 4.78 is 88.8. The first-order valence-corrected chi connectivity index (χ1v) is 14.2. The predicted octanol–water partition coefficient (Wildman–Crippen LogP) is 6.62. The van der Waals surface area contributed by atoms with Gasteiger partial charge < -0.3 is 13.7 Å². The molecule has 2 aromatic heterocycles. The molecule has 0 aliphatic heterocycles. The fraction of sp³-hybridized carbons (Fsp3) is 0.174. The summed E-state index contributed by atoms with van der Waals surface area (Å²) in [6, 6.07) is 9.71. The maximum atomic E-state index is 12.8. The number of halogens is 5. The molecule has 0 radical (unpaired) electrons. The molecule has 2 heterocycles. The molecule has 2 aromatic carbocycles. The van der Waals surface area contributed by atoms with Crippen LogP contribution in [0.5, 0.6) is 5.75 Å². The van der Waals surface area contributed by atoms with Crippen LogP contribution in [0.15, 0.2) is 76.5 Å². The van der Waals surface area contributed by atoms with Crippen molar-refractivity contribution in [1.82, 2.24) is 20.0 Å². The molecule has 0 spiro atoms. The third-order valence-corrected chi connectivity index (χ3v) is 7.43. The first-order chi connectivity index (χ1) is 17.3. The van der Waals surface area contributed by atoms with Crippen LogP contribution in [0.2, 0.25) is 0 Å². The van der Waals surface area contributed by atoms with Crippen LogP contribution < -0.4 is 4.74 Å². The number of aryl methyl sites for hydroxylation is 1. The molecule has 0 amide bonds. The average Bonchev–Trinajstić information content (AvgIpc) is 3.52. The van der Waals surface area contributed by atoms with E-state index in [2.05, 4.69) is 15.3 Å². The van der Waals surface area contributed by atoms with Crippen LogP contribution in [0.25, 0.3) is 12.2 Å². The van der Waals surface area contributed by atoms with E-state index in [-0.39, 0.29) is 18.1 Å². The Balaban J connectivity index is 1.25. The molecule has 4 rings (SSSR count). The Labute approximate surface area is 211 Å². The fourth-order valence-electron chi connectivity index (χ4n) is 3.11. The van der Waals surface area contributed by atoms with Crippen molar-refractivity contribution < 1.29 is 33.1 Å². The van der Waals surface area contributed by atoms with Crippen LogP contribution in [-0.4, -0.2) is 30.3 Å². The van der Waals surface area contributed by atoms with Crippen molar-refractivity contribution >= 4 is 33.6 Å². The Kier molecular flexibility index (Phi) is 7.10. The van der Waals surface area contributed by atoms with Crippen molar-refractivity contribution in [3.8, 4) is 5.75 Å². The summed E-state index contributed by atoms with van der Waals surface area (Å²) in [6.45, 7) is 0.617. The van der Waals surface area contributed by atoms with Crippen molar-refractivity contribution in [1.29, 1.82) is 0 Å². The van der Waals surface area contributed by atoms with Gasteiger partial charge in [0, 0.05) is 17.8 Å². The average molecular weight is 561 g/mol. The van der Waals surface area contributed by atoms with Crippen LogP contribution >= 0.6 is 10.2 Å². The molecule has 0 saturated heterocycles. The molecule has 7 nitrogen and oxygen atoms in total. The second-order valence-electron chi connectivity index (χ2n) is 7.94. The van der Waals surface area contributed by atoms with Crippen LogP contribution in [-0.2, 0) is 30.1 Å². The summed E-state index contributed by atoms with van der Waals surface area (Å²) in [5.74, 6) is 1.59. The summed E-state index contributed by atoms with van der Waals surface area (Å²) in [6.07, 6.45) is 7.43. The molecule has 37 heavy (non-hydrogen) atoms. The largest absolute Gasteiger partial charge is 0.616 e. The topological polar surface area (TPSA) is 89.0 Å². The molecule has 0 aliphatic carbocycles. The molecule has 1 unspecified atom stereocenters. The molecular formula is C23H21F5N4O3S2. The van der Waals surface area contributed by atoms with Gasteiger partial charge in [-0.3, -0.25) is 0 Å². The summed E-state index contributed by atoms with van der Waals surface area (Å²) in [7, 11) is -9.70. The van der Waals surface area contributed by atoms with Gasteiger partial charge in [0.2, 0.25) is 5.89 Å². The van der Waals surface area contributed by atoms with E-state index in [1.165, 1.54) is 18.4 Å². The molecule has 4 aromatic rings. The van der Waals surface area contributed by atoms with E-state index >= 15 is 0 Å². The normalized spacial score (nSPS) is 14.9. The van der Waals surface area contributed by atoms with Crippen molar-refractivity contribution in [2.24, 2.45) is 0 Å². The zero-order valence-electron chi connectivity index (χ0n) is 19.1. The zero-order valence-corrected chi connectivity index (χ0v) is 20.7. The molecule has 0 aliphatic rings. The molecule has 0 fully saturated rings. The van der Waals surface area contributed by atoms with Crippen molar-refractivity contribution in [2.45, 2.75) is 23.8 Å². The molecule has 0 N–H and O–H groups in total. The lowest BCUT2D eigenvalue weighted by atomic mass is 10.2. The smallest absolute Gasteiger partial charge is 0.310 e. The van der Waals surface area contributed by atoms with Gasteiger partial charge in [-0.05, 0) is 47.1 Å². The second-order valence-corrected chi connectivity index (χ2v) is 11.9. The lowest BCUT2D eigenvalue weighted by Crippen LogP contribution is -2.15. The lowest BCUT2D eigenvalue weighted by molar-refractivity contribution is 0.301. The van der Waals surface area contributed by atoms with Crippen LogP contribution in [0.3, 0.4) is 0 Å². The minimum absolute atomic E-state index is 0.0964. The number of hydrogen-bond donors (Lipinski definition) is 0. The van der Waals surface area contributed by atoms with E-state index in [1.54, 1.807) is 29.2 Å². The minimum atomic E-state index is -9.70. The Hall–Kier alpha value is -3.36. The Bertz CT molecular complexity index is 1350. The number of hydrogen-bond acceptors (Lipinski definition) is 6. The monoisotopic (exact) mass is 560 g/mol. The van der Waals surface area contributed by atoms with Gasteiger partial charge in [-0.15, -0.1) is 5.10 Å². The maximum absolute atomic E-state index is 12.8. The van der Waals surface area contributed by atoms with E-state index in [9.17, 15) is 24.0 Å². The van der Waals surface area contributed by atoms with Gasteiger partial charge in [-0.2, -0.15) is 0 Å². The third-order valence-electron chi connectivity index (χ3n) is 4.97. The number of benzene rings is 2. The van der Waals surface area contributed by atoms with Gasteiger partial charge in [0.25, 0.3) is 0 Å². The SMILES string of the molecule is [O-][S+](CCn1ccnn1)Cc1ccc(OCc2coc(/C=C/c3ccc(S(F)(F)(F)(F)F)cc3)n2)cc1. The van der Waals surface area contributed by atoms with Gasteiger partial charge in [-0.25, -0.2) is 9.67 Å². The summed E-state index contributed by atoms with van der Waals surface area (Å²) >= 11 is -1.06. The first kappa shape index (κ1) is 26.7. The Morgan fingerprint density at radius 2 is 1.73 bits per heavy atom. The summed E-state index contributed by atoms with van der Waals surface area (Å²) in [4.78, 5) is 2.25. The van der Waals surface area contributed by atoms with E-state index in [1.807, 2.05) is 12.1 Å².